The fourth-order valence-electron chi connectivity index (χ4n) is 2.55. The van der Waals surface area contributed by atoms with Crippen LogP contribution in [0.15, 0.2) is 0 Å². The van der Waals surface area contributed by atoms with Gasteiger partial charge in [-0.1, -0.05) is 19.3 Å². The van der Waals surface area contributed by atoms with Crippen molar-refractivity contribution >= 4 is 17.9 Å². The Morgan fingerprint density at radius 1 is 1.24 bits per heavy atom. The summed E-state index contributed by atoms with van der Waals surface area (Å²) in [4.78, 5) is 36.6. The van der Waals surface area contributed by atoms with Gasteiger partial charge >= 0.3 is 12.0 Å². The number of imide groups is 1. The summed E-state index contributed by atoms with van der Waals surface area (Å²) >= 11 is 0. The molecule has 0 atom stereocenters. The van der Waals surface area contributed by atoms with E-state index in [1.165, 1.54) is 4.90 Å². The Bertz CT molecular complexity index is 349. The molecule has 1 heterocycles. The summed E-state index contributed by atoms with van der Waals surface area (Å²) in [5.41, 5.74) is 0. The first-order chi connectivity index (χ1) is 8.09. The molecule has 1 saturated carbocycles. The van der Waals surface area contributed by atoms with Crippen molar-refractivity contribution < 1.29 is 19.5 Å². The maximum absolute atomic E-state index is 11.9. The van der Waals surface area contributed by atoms with Crippen LogP contribution in [0, 0.1) is 0 Å². The highest BCUT2D eigenvalue weighted by Gasteiger charge is 2.41. The van der Waals surface area contributed by atoms with E-state index in [-0.39, 0.29) is 18.5 Å². The summed E-state index contributed by atoms with van der Waals surface area (Å²) in [5.74, 6) is -1.35. The molecule has 0 aromatic rings. The Morgan fingerprint density at radius 3 is 2.47 bits per heavy atom. The molecule has 2 fully saturated rings. The SMILES string of the molecule is O=C(O)CN1CC(=O)N(C2CCCCC2)C1=O. The molecular weight excluding hydrogens is 224 g/mol. The predicted octanol–water partition coefficient (Wildman–Crippen LogP) is 0.668. The molecule has 0 radical (unpaired) electrons. The number of carboxylic acid groups (broad SMARTS) is 1. The van der Waals surface area contributed by atoms with Gasteiger partial charge in [-0.25, -0.2) is 4.79 Å². The smallest absolute Gasteiger partial charge is 0.328 e. The van der Waals surface area contributed by atoms with E-state index in [4.69, 9.17) is 5.11 Å². The molecule has 17 heavy (non-hydrogen) atoms. The number of carboxylic acids is 1. The lowest BCUT2D eigenvalue weighted by Gasteiger charge is -2.29. The maximum atomic E-state index is 11.9. The Labute approximate surface area is 99.2 Å². The second kappa shape index (κ2) is 4.73. The molecule has 3 amide bonds. The van der Waals surface area contributed by atoms with E-state index in [1.54, 1.807) is 0 Å². The van der Waals surface area contributed by atoms with Gasteiger partial charge in [-0.2, -0.15) is 0 Å². The number of hydrogen-bond donors (Lipinski definition) is 1. The zero-order chi connectivity index (χ0) is 12.4. The molecule has 6 nitrogen and oxygen atoms in total. The van der Waals surface area contributed by atoms with Crippen LogP contribution in [-0.2, 0) is 9.59 Å². The first kappa shape index (κ1) is 11.9. The number of carbonyl (C=O) groups is 3. The van der Waals surface area contributed by atoms with Gasteiger partial charge in [0, 0.05) is 6.04 Å². The lowest BCUT2D eigenvalue weighted by Crippen LogP contribution is -2.43. The molecule has 6 heteroatoms. The molecule has 0 unspecified atom stereocenters. The van der Waals surface area contributed by atoms with E-state index in [0.29, 0.717) is 0 Å². The number of carbonyl (C=O) groups excluding carboxylic acids is 2. The molecule has 2 aliphatic rings. The molecule has 1 aliphatic carbocycles. The van der Waals surface area contributed by atoms with E-state index in [0.717, 1.165) is 37.0 Å². The molecule has 0 spiro atoms. The minimum atomic E-state index is -1.09. The number of amides is 3. The standard InChI is InChI=1S/C11H16N2O4/c14-9-6-12(7-10(15)16)11(17)13(9)8-4-2-1-3-5-8/h8H,1-7H2,(H,15,16). The molecule has 0 aromatic carbocycles. The van der Waals surface area contributed by atoms with Crippen molar-refractivity contribution in [2.24, 2.45) is 0 Å². The Morgan fingerprint density at radius 2 is 1.88 bits per heavy atom. The molecule has 94 valence electrons. The number of hydrogen-bond acceptors (Lipinski definition) is 3. The van der Waals surface area contributed by atoms with Crippen molar-refractivity contribution in [2.45, 2.75) is 38.1 Å². The largest absolute Gasteiger partial charge is 0.480 e. The van der Waals surface area contributed by atoms with Gasteiger partial charge in [0.2, 0.25) is 0 Å². The third-order valence-electron chi connectivity index (χ3n) is 3.34. The van der Waals surface area contributed by atoms with Crippen LogP contribution >= 0.6 is 0 Å². The van der Waals surface area contributed by atoms with Crippen LogP contribution < -0.4 is 0 Å². The summed E-state index contributed by atoms with van der Waals surface area (Å²) in [7, 11) is 0. The Kier molecular flexibility index (Phi) is 3.31. The Balaban J connectivity index is 2.05. The zero-order valence-corrected chi connectivity index (χ0v) is 9.59. The fourth-order valence-corrected chi connectivity index (χ4v) is 2.55. The number of aliphatic carboxylic acids is 1. The molecule has 1 aliphatic heterocycles. The first-order valence-corrected chi connectivity index (χ1v) is 5.92. The quantitative estimate of drug-likeness (QED) is 0.735. The normalized spacial score (nSPS) is 22.4. The average molecular weight is 240 g/mol. The molecule has 0 bridgehead atoms. The van der Waals surface area contributed by atoms with Crippen LogP contribution in [0.5, 0.6) is 0 Å². The van der Waals surface area contributed by atoms with Gasteiger partial charge in [0.05, 0.1) is 0 Å². The van der Waals surface area contributed by atoms with Crippen LogP contribution in [0.2, 0.25) is 0 Å². The van der Waals surface area contributed by atoms with Gasteiger partial charge in [-0.15, -0.1) is 0 Å². The van der Waals surface area contributed by atoms with E-state index in [2.05, 4.69) is 0 Å². The van der Waals surface area contributed by atoms with Crippen molar-refractivity contribution in [1.29, 1.82) is 0 Å². The summed E-state index contributed by atoms with van der Waals surface area (Å²) in [6.45, 7) is -0.491. The van der Waals surface area contributed by atoms with E-state index in [1.807, 2.05) is 0 Å². The van der Waals surface area contributed by atoms with Gasteiger partial charge in [-0.3, -0.25) is 14.5 Å². The van der Waals surface area contributed by atoms with Crippen LogP contribution in [-0.4, -0.2) is 51.9 Å². The van der Waals surface area contributed by atoms with Crippen molar-refractivity contribution in [3.05, 3.63) is 0 Å². The summed E-state index contributed by atoms with van der Waals surface area (Å²) in [6, 6.07) is -0.466. The second-order valence-electron chi connectivity index (χ2n) is 4.59. The molecular formula is C11H16N2O4. The minimum absolute atomic E-state index is 0.0254. The topological polar surface area (TPSA) is 77.9 Å². The van der Waals surface area contributed by atoms with E-state index >= 15 is 0 Å². The summed E-state index contributed by atoms with van der Waals surface area (Å²) < 4.78 is 0. The molecule has 2 rings (SSSR count). The minimum Gasteiger partial charge on any atom is -0.480 e. The number of nitrogens with zero attached hydrogens (tertiary/aromatic N) is 2. The predicted molar refractivity (Wildman–Crippen MR) is 58.3 cm³/mol. The lowest BCUT2D eigenvalue weighted by atomic mass is 9.94. The van der Waals surface area contributed by atoms with E-state index < -0.39 is 18.5 Å². The van der Waals surface area contributed by atoms with Gasteiger partial charge < -0.3 is 10.0 Å². The average Bonchev–Trinajstić information content (AvgIpc) is 2.54. The van der Waals surface area contributed by atoms with Crippen LogP contribution in [0.4, 0.5) is 4.79 Å². The van der Waals surface area contributed by atoms with Gasteiger partial charge in [0.1, 0.15) is 13.1 Å². The highest BCUT2D eigenvalue weighted by Crippen LogP contribution is 2.26. The zero-order valence-electron chi connectivity index (χ0n) is 9.59. The van der Waals surface area contributed by atoms with Crippen LogP contribution in [0.3, 0.4) is 0 Å². The fraction of sp³-hybridized carbons (Fsp3) is 0.727. The van der Waals surface area contributed by atoms with Crippen molar-refractivity contribution in [3.63, 3.8) is 0 Å². The highest BCUT2D eigenvalue weighted by atomic mass is 16.4. The van der Waals surface area contributed by atoms with Crippen molar-refractivity contribution in [3.8, 4) is 0 Å². The molecule has 1 saturated heterocycles. The van der Waals surface area contributed by atoms with Gasteiger partial charge in [0.15, 0.2) is 0 Å². The number of urea groups is 1. The third-order valence-corrected chi connectivity index (χ3v) is 3.34. The van der Waals surface area contributed by atoms with Gasteiger partial charge in [-0.05, 0) is 12.8 Å². The van der Waals surface area contributed by atoms with Crippen molar-refractivity contribution in [1.82, 2.24) is 9.80 Å². The monoisotopic (exact) mass is 240 g/mol. The highest BCUT2D eigenvalue weighted by molar-refractivity contribution is 6.03. The third kappa shape index (κ3) is 2.40. The maximum Gasteiger partial charge on any atom is 0.328 e. The molecule has 0 aromatic heterocycles. The summed E-state index contributed by atoms with van der Waals surface area (Å²) in [6.07, 6.45) is 4.89. The van der Waals surface area contributed by atoms with E-state index in [9.17, 15) is 14.4 Å². The van der Waals surface area contributed by atoms with Gasteiger partial charge in [0.25, 0.3) is 5.91 Å². The second-order valence-corrected chi connectivity index (χ2v) is 4.59. The van der Waals surface area contributed by atoms with Crippen molar-refractivity contribution in [2.75, 3.05) is 13.1 Å². The van der Waals surface area contributed by atoms with Crippen LogP contribution in [0.1, 0.15) is 32.1 Å². The lowest BCUT2D eigenvalue weighted by molar-refractivity contribution is -0.137. The van der Waals surface area contributed by atoms with Crippen LogP contribution in [0.25, 0.3) is 0 Å². The number of rotatable bonds is 3. The molecule has 1 N–H and O–H groups in total. The Hall–Kier alpha value is -1.59. The first-order valence-electron chi connectivity index (χ1n) is 5.92. The summed E-state index contributed by atoms with van der Waals surface area (Å²) in [5, 5.41) is 8.65.